The predicted molar refractivity (Wildman–Crippen MR) is 200 cm³/mol. The van der Waals surface area contributed by atoms with Crippen LogP contribution in [0, 0.1) is 0 Å². The third-order valence-corrected chi connectivity index (χ3v) is 10.3. The van der Waals surface area contributed by atoms with Gasteiger partial charge >= 0.3 is 5.97 Å². The molecule has 4 heterocycles. The summed E-state index contributed by atoms with van der Waals surface area (Å²) in [5, 5.41) is 49.1. The second-order valence-electron chi connectivity index (χ2n) is 14.0. The maximum Gasteiger partial charge on any atom is 0.340 e. The number of aromatic nitrogens is 3. The van der Waals surface area contributed by atoms with Gasteiger partial charge in [-0.1, -0.05) is 29.5 Å². The Balaban J connectivity index is 0.779. The minimum Gasteiger partial charge on any atom is -0.508 e. The van der Waals surface area contributed by atoms with E-state index in [1.165, 1.54) is 18.2 Å². The van der Waals surface area contributed by atoms with E-state index in [0.717, 1.165) is 18.9 Å². The number of hydrogen-bond donors (Lipinski definition) is 4. The molecule has 0 fully saturated rings. The molecule has 4 N–H and O–H groups in total. The highest BCUT2D eigenvalue weighted by atomic mass is 16.6. The van der Waals surface area contributed by atoms with Gasteiger partial charge in [-0.3, -0.25) is 9.48 Å². The van der Waals surface area contributed by atoms with Crippen molar-refractivity contribution in [2.45, 2.75) is 50.5 Å². The van der Waals surface area contributed by atoms with Gasteiger partial charge in [-0.15, -0.1) is 5.10 Å². The molecule has 0 saturated heterocycles. The van der Waals surface area contributed by atoms with Crippen molar-refractivity contribution in [2.75, 3.05) is 6.61 Å². The Labute approximate surface area is 325 Å². The van der Waals surface area contributed by atoms with Crippen LogP contribution in [0.5, 0.6) is 51.7 Å². The van der Waals surface area contributed by atoms with Crippen LogP contribution in [0.25, 0.3) is 0 Å². The highest BCUT2D eigenvalue weighted by molar-refractivity contribution is 6.02. The largest absolute Gasteiger partial charge is 0.508 e. The van der Waals surface area contributed by atoms with Crippen molar-refractivity contribution in [1.29, 1.82) is 0 Å². The molecule has 0 amide bonds. The van der Waals surface area contributed by atoms with E-state index in [1.807, 2.05) is 24.4 Å². The molecule has 3 aliphatic rings. The quantitative estimate of drug-likeness (QED) is 0.0765. The summed E-state index contributed by atoms with van der Waals surface area (Å²) >= 11 is 0. The van der Waals surface area contributed by atoms with Crippen molar-refractivity contribution in [3.05, 3.63) is 136 Å². The van der Waals surface area contributed by atoms with Crippen LogP contribution in [0.3, 0.4) is 0 Å². The lowest BCUT2D eigenvalue weighted by Crippen LogP contribution is -2.32. The minimum absolute atomic E-state index is 0.0151. The zero-order chi connectivity index (χ0) is 39.3. The average molecular weight is 770 g/mol. The van der Waals surface area contributed by atoms with Crippen LogP contribution >= 0.6 is 0 Å². The van der Waals surface area contributed by atoms with E-state index < -0.39 is 17.7 Å². The van der Waals surface area contributed by atoms with Gasteiger partial charge in [0, 0.05) is 47.5 Å². The Morgan fingerprint density at radius 3 is 2.46 bits per heavy atom. The van der Waals surface area contributed by atoms with Gasteiger partial charge in [-0.25, -0.2) is 4.79 Å². The molecular formula is C43H35N3O11. The van der Waals surface area contributed by atoms with Gasteiger partial charge in [-0.05, 0) is 67.3 Å². The molecule has 2 atom stereocenters. The maximum absolute atomic E-state index is 13.0. The van der Waals surface area contributed by atoms with Crippen molar-refractivity contribution in [2.24, 2.45) is 0 Å². The van der Waals surface area contributed by atoms with Crippen LogP contribution in [0.2, 0.25) is 0 Å². The number of Topliss-reactive ketones (excluding diaryl/α,β-unsaturated/α-hetero) is 1. The lowest BCUT2D eigenvalue weighted by molar-refractivity contribution is 0.0224. The molecule has 0 aliphatic carbocycles. The molecule has 14 heteroatoms. The zero-order valence-electron chi connectivity index (χ0n) is 30.3. The van der Waals surface area contributed by atoms with Gasteiger partial charge < -0.3 is 44.1 Å². The number of benzene rings is 5. The second kappa shape index (κ2) is 14.1. The fourth-order valence-corrected chi connectivity index (χ4v) is 7.60. The first-order valence-corrected chi connectivity index (χ1v) is 18.4. The lowest BCUT2D eigenvalue weighted by Gasteiger charge is -2.36. The number of hydrogen-bond acceptors (Lipinski definition) is 13. The number of nitrogens with zero attached hydrogens (tertiary/aromatic N) is 3. The van der Waals surface area contributed by atoms with E-state index in [9.17, 15) is 30.0 Å². The molecule has 14 nitrogen and oxygen atoms in total. The highest BCUT2D eigenvalue weighted by Crippen LogP contribution is 2.57. The van der Waals surface area contributed by atoms with Crippen molar-refractivity contribution < 1.29 is 53.7 Å². The highest BCUT2D eigenvalue weighted by Gasteiger charge is 2.53. The van der Waals surface area contributed by atoms with Gasteiger partial charge in [0.25, 0.3) is 0 Å². The van der Waals surface area contributed by atoms with Crippen LogP contribution in [0.15, 0.2) is 97.2 Å². The Kier molecular flexibility index (Phi) is 8.79. The van der Waals surface area contributed by atoms with E-state index >= 15 is 0 Å². The number of esters is 1. The van der Waals surface area contributed by atoms with Crippen LogP contribution < -0.4 is 18.9 Å². The van der Waals surface area contributed by atoms with E-state index in [-0.39, 0.29) is 58.9 Å². The SMILES string of the molecule is O=C1OC2(c3ccc(O)cc3Oc3cc(OCc4cn(CCCCCOc5cc(C6CC(=O)c7c(O)cc(O)cc7O6)ccc5O)nn4)ccc32)c2ccccc21. The summed E-state index contributed by atoms with van der Waals surface area (Å²) < 4.78 is 32.0. The van der Waals surface area contributed by atoms with Crippen molar-refractivity contribution in [3.8, 4) is 51.7 Å². The van der Waals surface area contributed by atoms with Crippen molar-refractivity contribution in [1.82, 2.24) is 15.0 Å². The molecule has 5 aromatic carbocycles. The molecule has 288 valence electrons. The number of ketones is 1. The van der Waals surface area contributed by atoms with Gasteiger partial charge in [-0.2, -0.15) is 0 Å². The molecule has 0 saturated carbocycles. The fourth-order valence-electron chi connectivity index (χ4n) is 7.60. The number of aromatic hydroxyl groups is 4. The number of unbranched alkanes of at least 4 members (excludes halogenated alkanes) is 2. The average Bonchev–Trinajstić information content (AvgIpc) is 3.77. The van der Waals surface area contributed by atoms with E-state index in [2.05, 4.69) is 10.3 Å². The van der Waals surface area contributed by atoms with Crippen LogP contribution in [0.1, 0.15) is 80.5 Å². The number of carbonyl (C=O) groups is 2. The molecule has 1 spiro atoms. The van der Waals surface area contributed by atoms with Crippen LogP contribution in [-0.2, 0) is 23.5 Å². The van der Waals surface area contributed by atoms with Crippen molar-refractivity contribution in [3.63, 3.8) is 0 Å². The first-order chi connectivity index (χ1) is 27.7. The second-order valence-corrected chi connectivity index (χ2v) is 14.0. The van der Waals surface area contributed by atoms with E-state index in [1.54, 1.807) is 53.2 Å². The molecule has 57 heavy (non-hydrogen) atoms. The first-order valence-electron chi connectivity index (χ1n) is 18.4. The van der Waals surface area contributed by atoms with Gasteiger partial charge in [0.2, 0.25) is 0 Å². The number of ether oxygens (including phenoxy) is 5. The Hall–Kier alpha value is -7.22. The maximum atomic E-state index is 13.0. The number of aryl methyl sites for hydroxylation is 1. The van der Waals surface area contributed by atoms with Crippen LogP contribution in [-0.4, -0.2) is 53.8 Å². The first kappa shape index (κ1) is 35.5. The topological polar surface area (TPSA) is 192 Å². The molecular weight excluding hydrogens is 734 g/mol. The zero-order valence-corrected chi connectivity index (χ0v) is 30.3. The molecule has 0 bridgehead atoms. The Morgan fingerprint density at radius 1 is 0.772 bits per heavy atom. The van der Waals surface area contributed by atoms with E-state index in [0.29, 0.717) is 70.3 Å². The standard InChI is InChI=1S/C43H35N3O11/c47-26-9-11-31-37(18-26)56-38-20-28(10-12-32(38)43(31)30-7-3-2-6-29(30)42(52)57-43)54-23-25-22-46(45-44-25)14-4-1-5-15-53-39-16-24(8-13-33(39)49)36-21-35(51)41-34(50)17-27(48)19-40(41)55-36/h2-3,6-13,16-20,22,36,47-50H,1,4-5,14-15,21,23H2. The smallest absolute Gasteiger partial charge is 0.340 e. The van der Waals surface area contributed by atoms with Gasteiger partial charge in [0.1, 0.15) is 64.2 Å². The molecule has 0 radical (unpaired) electrons. The van der Waals surface area contributed by atoms with Crippen LogP contribution in [0.4, 0.5) is 0 Å². The van der Waals surface area contributed by atoms with Gasteiger partial charge in [0.05, 0.1) is 24.8 Å². The summed E-state index contributed by atoms with van der Waals surface area (Å²) in [4.78, 5) is 25.8. The fraction of sp³-hybridized carbons (Fsp3) is 0.209. The summed E-state index contributed by atoms with van der Waals surface area (Å²) in [6, 6.07) is 24.5. The van der Waals surface area contributed by atoms with E-state index in [4.69, 9.17) is 23.7 Å². The number of phenolic OH excluding ortho intramolecular Hbond substituents is 4. The molecule has 9 rings (SSSR count). The summed E-state index contributed by atoms with van der Waals surface area (Å²) in [5.74, 6) is 0.303. The summed E-state index contributed by atoms with van der Waals surface area (Å²) in [6.45, 7) is 1.11. The van der Waals surface area contributed by atoms with Gasteiger partial charge in [0.15, 0.2) is 22.9 Å². The molecule has 6 aromatic rings. The monoisotopic (exact) mass is 769 g/mol. The Bertz CT molecular complexity index is 2570. The third kappa shape index (κ3) is 6.44. The molecule has 1 aromatic heterocycles. The molecule has 3 aliphatic heterocycles. The number of rotatable bonds is 11. The lowest BCUT2D eigenvalue weighted by atomic mass is 9.77. The Morgan fingerprint density at radius 2 is 1.58 bits per heavy atom. The summed E-state index contributed by atoms with van der Waals surface area (Å²) in [5.41, 5.74) is 2.43. The summed E-state index contributed by atoms with van der Waals surface area (Å²) in [6.07, 6.45) is 3.43. The number of fused-ring (bicyclic) bond motifs is 7. The normalized spacial score (nSPS) is 17.4. The third-order valence-electron chi connectivity index (χ3n) is 10.3. The minimum atomic E-state index is -1.24. The number of phenols is 4. The van der Waals surface area contributed by atoms with Crippen molar-refractivity contribution >= 4 is 11.8 Å². The number of carbonyl (C=O) groups excluding carboxylic acids is 2. The summed E-state index contributed by atoms with van der Waals surface area (Å²) in [7, 11) is 0. The molecule has 2 unspecified atom stereocenters. The predicted octanol–water partition coefficient (Wildman–Crippen LogP) is 7.20.